The van der Waals surface area contributed by atoms with Crippen molar-refractivity contribution in [1.29, 1.82) is 31.6 Å². The number of aryl methyl sites for hydroxylation is 2. The van der Waals surface area contributed by atoms with E-state index in [4.69, 9.17) is 29.7 Å². The Morgan fingerprint density at radius 2 is 0.756 bits per heavy atom. The zero-order chi connectivity index (χ0) is 56.9. The molecule has 9 aromatic carbocycles. The second-order valence-electron chi connectivity index (χ2n) is 19.2. The van der Waals surface area contributed by atoms with Gasteiger partial charge in [-0.1, -0.05) is 78.9 Å². The van der Waals surface area contributed by atoms with Crippen LogP contribution in [0.5, 0.6) is 0 Å². The number of nitrogens with zero attached hydrogens (tertiary/aromatic N) is 14. The van der Waals surface area contributed by atoms with Gasteiger partial charge in [-0.3, -0.25) is 0 Å². The van der Waals surface area contributed by atoms with Crippen LogP contribution in [0.15, 0.2) is 158 Å². The van der Waals surface area contributed by atoms with Gasteiger partial charge in [-0.25, -0.2) is 29.5 Å². The van der Waals surface area contributed by atoms with Gasteiger partial charge in [-0.05, 0) is 137 Å². The average Bonchev–Trinajstić information content (AvgIpc) is 3.60. The molecule has 0 unspecified atom stereocenters. The largest absolute Gasteiger partial charge is 0.308 e. The quantitative estimate of drug-likeness (QED) is 0.139. The lowest BCUT2D eigenvalue weighted by Gasteiger charge is -2.19. The molecule has 0 bridgehead atoms. The molecule has 0 radical (unpaired) electrons. The van der Waals surface area contributed by atoms with Crippen molar-refractivity contribution in [3.05, 3.63) is 237 Å². The van der Waals surface area contributed by atoms with Gasteiger partial charge < -0.3 is 9.13 Å². The summed E-state index contributed by atoms with van der Waals surface area (Å²) < 4.78 is 3.98. The summed E-state index contributed by atoms with van der Waals surface area (Å²) in [5.41, 5.74) is 11.5. The van der Waals surface area contributed by atoms with Gasteiger partial charge in [0.25, 0.3) is 0 Å². The maximum atomic E-state index is 12.1. The summed E-state index contributed by atoms with van der Waals surface area (Å²) in [4.78, 5) is 25.5. The van der Waals surface area contributed by atoms with E-state index >= 15 is 0 Å². The number of benzene rings is 9. The highest BCUT2D eigenvalue weighted by molar-refractivity contribution is 6.14. The second kappa shape index (κ2) is 19.9. The fraction of sp³-hybridized carbons (Fsp3) is 0.0294. The second-order valence-corrected chi connectivity index (χ2v) is 19.2. The van der Waals surface area contributed by atoms with Crippen molar-refractivity contribution in [2.24, 2.45) is 0 Å². The number of hydrogen-bond acceptors (Lipinski definition) is 9. The fourth-order valence-corrected chi connectivity index (χ4v) is 11.0. The van der Waals surface area contributed by atoms with Crippen LogP contribution in [-0.4, -0.2) is 24.1 Å². The minimum atomic E-state index is 0.200. The molecular weight excluding hydrogens is 1010 g/mol. The highest BCUT2D eigenvalue weighted by Gasteiger charge is 2.26. The molecule has 3 aromatic heterocycles. The van der Waals surface area contributed by atoms with Gasteiger partial charge >= 0.3 is 0 Å². The summed E-state index contributed by atoms with van der Waals surface area (Å²) in [7, 11) is 0. The number of hydrogen-bond donors (Lipinski definition) is 0. The van der Waals surface area contributed by atoms with Crippen molar-refractivity contribution < 1.29 is 0 Å². The first-order valence-electron chi connectivity index (χ1n) is 25.2. The minimum Gasteiger partial charge on any atom is -0.308 e. The van der Waals surface area contributed by atoms with Crippen LogP contribution in [0.1, 0.15) is 45.0 Å². The summed E-state index contributed by atoms with van der Waals surface area (Å²) in [5.74, 6) is 1.22. The van der Waals surface area contributed by atoms with E-state index in [0.717, 1.165) is 21.5 Å². The number of nitriles is 6. The molecule has 82 heavy (non-hydrogen) atoms. The molecule has 0 fully saturated rings. The number of rotatable bonds is 7. The van der Waals surface area contributed by atoms with Gasteiger partial charge in [-0.2, -0.15) is 31.6 Å². The van der Waals surface area contributed by atoms with Crippen molar-refractivity contribution in [1.82, 2.24) is 24.1 Å². The average molecular weight is 1050 g/mol. The Balaban J connectivity index is 1.25. The summed E-state index contributed by atoms with van der Waals surface area (Å²) >= 11 is 0. The third kappa shape index (κ3) is 8.17. The maximum absolute atomic E-state index is 12.1. The van der Waals surface area contributed by atoms with E-state index in [1.807, 2.05) is 94.1 Å². The Kier molecular flexibility index (Phi) is 12.1. The Morgan fingerprint density at radius 1 is 0.366 bits per heavy atom. The Morgan fingerprint density at radius 3 is 1.15 bits per heavy atom. The zero-order valence-corrected chi connectivity index (χ0v) is 43.3. The molecule has 3 heterocycles. The van der Waals surface area contributed by atoms with E-state index in [-0.39, 0.29) is 22.5 Å². The predicted molar refractivity (Wildman–Crippen MR) is 312 cm³/mol. The highest BCUT2D eigenvalue weighted by atomic mass is 15.0. The molecule has 374 valence electrons. The molecule has 0 aliphatic rings. The number of aromatic nitrogens is 5. The smallest absolute Gasteiger partial charge is 0.196 e. The molecule has 0 saturated carbocycles. The molecule has 0 spiro atoms. The lowest BCUT2D eigenvalue weighted by atomic mass is 9.96. The highest BCUT2D eigenvalue weighted by Crippen LogP contribution is 2.45. The topological polar surface area (TPSA) is 204 Å². The molecule has 12 rings (SSSR count). The van der Waals surface area contributed by atoms with E-state index in [2.05, 4.69) is 55.9 Å². The molecule has 0 amide bonds. The van der Waals surface area contributed by atoms with Crippen LogP contribution in [0.3, 0.4) is 0 Å². The number of fused-ring (bicyclic) bond motifs is 6. The van der Waals surface area contributed by atoms with E-state index in [1.165, 1.54) is 0 Å². The lowest BCUT2D eigenvalue weighted by molar-refractivity contribution is 0.927. The summed E-state index contributed by atoms with van der Waals surface area (Å²) in [6, 6.07) is 60.5. The van der Waals surface area contributed by atoms with Gasteiger partial charge in [0, 0.05) is 43.8 Å². The van der Waals surface area contributed by atoms with E-state index in [9.17, 15) is 31.6 Å². The minimum absolute atomic E-state index is 0.200. The summed E-state index contributed by atoms with van der Waals surface area (Å²) in [6.45, 7) is 27.5. The van der Waals surface area contributed by atoms with E-state index < -0.39 is 0 Å². The van der Waals surface area contributed by atoms with Crippen molar-refractivity contribution in [3.8, 4) is 104 Å². The predicted octanol–water partition coefficient (Wildman–Crippen LogP) is 15.9. The maximum Gasteiger partial charge on any atom is 0.196 e. The third-order valence-corrected chi connectivity index (χ3v) is 14.6. The van der Waals surface area contributed by atoms with Crippen molar-refractivity contribution in [3.63, 3.8) is 0 Å². The van der Waals surface area contributed by atoms with E-state index in [0.29, 0.717) is 129 Å². The van der Waals surface area contributed by atoms with Gasteiger partial charge in [0.1, 0.15) is 23.3 Å². The molecule has 0 saturated heterocycles. The first kappa shape index (κ1) is 49.9. The van der Waals surface area contributed by atoms with Gasteiger partial charge in [0.2, 0.25) is 0 Å². The summed E-state index contributed by atoms with van der Waals surface area (Å²) in [5, 5.41) is 65.5. The molecule has 0 atom stereocenters. The normalized spacial score (nSPS) is 10.7. The zero-order valence-electron chi connectivity index (χ0n) is 43.3. The first-order valence-corrected chi connectivity index (χ1v) is 25.2. The van der Waals surface area contributed by atoms with Crippen molar-refractivity contribution >= 4 is 60.7 Å². The van der Waals surface area contributed by atoms with Crippen molar-refractivity contribution in [2.45, 2.75) is 13.8 Å². The van der Waals surface area contributed by atoms with Crippen LogP contribution in [-0.2, 0) is 0 Å². The monoisotopic (exact) mass is 1040 g/mol. The van der Waals surface area contributed by atoms with Crippen LogP contribution in [0.4, 0.5) is 17.1 Å². The van der Waals surface area contributed by atoms with Crippen LogP contribution >= 0.6 is 0 Å². The van der Waals surface area contributed by atoms with Crippen LogP contribution in [0.2, 0.25) is 0 Å². The Labute approximate surface area is 468 Å². The molecule has 0 aliphatic heterocycles. The Bertz CT molecular complexity index is 4680. The fourth-order valence-electron chi connectivity index (χ4n) is 11.0. The Hall–Kier alpha value is -13.0. The third-order valence-electron chi connectivity index (χ3n) is 14.6. The van der Waals surface area contributed by atoms with E-state index in [1.54, 1.807) is 86.6 Å². The summed E-state index contributed by atoms with van der Waals surface area (Å²) in [6.07, 6.45) is 0. The van der Waals surface area contributed by atoms with Gasteiger partial charge in [0.05, 0.1) is 94.6 Å². The molecular formula is C68H32N14. The van der Waals surface area contributed by atoms with Crippen molar-refractivity contribution in [2.75, 3.05) is 0 Å². The lowest BCUT2D eigenvalue weighted by Crippen LogP contribution is -2.07. The van der Waals surface area contributed by atoms with Gasteiger partial charge in [-0.15, -0.1) is 0 Å². The van der Waals surface area contributed by atoms with Gasteiger partial charge in [0.15, 0.2) is 22.9 Å². The molecule has 14 nitrogen and oxygen atoms in total. The standard InChI is InChI=1S/C68H32N14/c1-38-78-39(2)80-68(79-38)47-30-66(81-62-26-43(51-14-6-40(32-69)22-48(51)35-72)9-17-55(62)56-18-10-44(27-63(56)81)52-21-13-50(75-3)25-49(52)36-73)59(37-74)67(31-47)82-64-28-45(53-15-7-41(33-70)23-60(53)76-4)11-19-57(64)58-20-12-46(29-65(58)82)54-16-8-42(34-71)24-61(54)77-5/h6-31H,1-2H3. The van der Waals surface area contributed by atoms with Crippen LogP contribution in [0.25, 0.3) is 125 Å². The molecule has 14 heteroatoms. The van der Waals surface area contributed by atoms with Crippen LogP contribution < -0.4 is 0 Å². The molecule has 0 aliphatic carbocycles. The molecule has 0 N–H and O–H groups in total. The first-order chi connectivity index (χ1) is 40.0. The molecule has 12 aromatic rings. The van der Waals surface area contributed by atoms with Crippen LogP contribution in [0, 0.1) is 102 Å². The SMILES string of the molecule is [C-]#[N+]c1ccc(-c2ccc3c4ccc(-c5ccc(C#N)cc5C#N)cc4n(-c4cc(-c5nc(C)nc(C)n5)cc(-n5c6cc(-c7ccc(C#N)cc7[N+]#[C-])ccc6c6ccc(-c7ccc(C#N)cc7[N+]#[C-])cc65)c4C#N)c3c2)c(C#N)c1.